The number of hydrogen-bond acceptors (Lipinski definition) is 0. The van der Waals surface area contributed by atoms with Gasteiger partial charge in [0.05, 0.1) is 11.5 Å². The predicted octanol–water partition coefficient (Wildman–Crippen LogP) is 9.62. The average Bonchev–Trinajstić information content (AvgIpc) is 3.06. The molecule has 5 aromatic rings. The quantitative estimate of drug-likeness (QED) is 0.149. The fraction of sp³-hybridized carbons (Fsp3) is 0.317. The molecule has 1 unspecified atom stereocenters. The molecule has 0 aliphatic carbocycles. The molecule has 1 aliphatic heterocycles. The van der Waals surface area contributed by atoms with Crippen molar-refractivity contribution in [3.8, 4) is 33.6 Å². The minimum Gasteiger partial charge on any atom is -0.198 e. The van der Waals surface area contributed by atoms with E-state index in [0.29, 0.717) is 5.92 Å². The Hall–Kier alpha value is -4.04. The molecule has 3 aromatic carbocycles. The van der Waals surface area contributed by atoms with Crippen LogP contribution >= 0.6 is 0 Å². The van der Waals surface area contributed by atoms with Crippen LogP contribution in [0.1, 0.15) is 75.5 Å². The Morgan fingerprint density at radius 3 is 2.23 bits per heavy atom. The molecule has 1 atom stereocenters. The number of fused-ring (bicyclic) bond motifs is 3. The van der Waals surface area contributed by atoms with E-state index in [1.807, 2.05) is 0 Å². The lowest BCUT2D eigenvalue weighted by Crippen LogP contribution is -2.62. The van der Waals surface area contributed by atoms with E-state index in [1.165, 1.54) is 63.2 Å². The second kappa shape index (κ2) is 12.7. The maximum Gasteiger partial charge on any atom is 0.213 e. The lowest BCUT2D eigenvalue weighted by molar-refractivity contribution is -0.764. The van der Waals surface area contributed by atoms with Crippen molar-refractivity contribution in [1.82, 2.24) is 0 Å². The Morgan fingerprint density at radius 2 is 1.47 bits per heavy atom. The summed E-state index contributed by atoms with van der Waals surface area (Å²) in [4.78, 5) is 0. The van der Waals surface area contributed by atoms with Crippen LogP contribution in [-0.2, 0) is 18.5 Å². The first-order valence-corrected chi connectivity index (χ1v) is 16.4. The molecule has 43 heavy (non-hydrogen) atoms. The summed E-state index contributed by atoms with van der Waals surface area (Å²) in [5.41, 5.74) is 12.3. The first-order valence-electron chi connectivity index (χ1n) is 16.4. The van der Waals surface area contributed by atoms with Gasteiger partial charge < -0.3 is 0 Å². The summed E-state index contributed by atoms with van der Waals surface area (Å²) in [5, 5.41) is 0. The summed E-state index contributed by atoms with van der Waals surface area (Å²) in [5.74, 6) is 0.402. The van der Waals surface area contributed by atoms with Gasteiger partial charge in [0.1, 0.15) is 6.54 Å². The van der Waals surface area contributed by atoms with Crippen molar-refractivity contribution < 1.29 is 9.13 Å². The van der Waals surface area contributed by atoms with Crippen LogP contribution in [0.3, 0.4) is 0 Å². The smallest absolute Gasteiger partial charge is 0.198 e. The zero-order valence-electron chi connectivity index (χ0n) is 26.4. The van der Waals surface area contributed by atoms with E-state index in [1.54, 1.807) is 0 Å². The van der Waals surface area contributed by atoms with Crippen LogP contribution in [0.25, 0.3) is 33.6 Å². The van der Waals surface area contributed by atoms with E-state index in [2.05, 4.69) is 152 Å². The van der Waals surface area contributed by atoms with Crippen molar-refractivity contribution in [3.05, 3.63) is 132 Å². The third kappa shape index (κ3) is 5.44. The summed E-state index contributed by atoms with van der Waals surface area (Å²) in [7, 11) is 0. The maximum atomic E-state index is 2.68. The van der Waals surface area contributed by atoms with Gasteiger partial charge in [0.2, 0.25) is 11.4 Å². The zero-order chi connectivity index (χ0) is 29.8. The molecule has 6 rings (SSSR count). The van der Waals surface area contributed by atoms with Crippen molar-refractivity contribution in [3.63, 3.8) is 0 Å². The topological polar surface area (TPSA) is 7.76 Å². The number of aromatic nitrogens is 2. The normalized spacial score (nSPS) is 15.1. The lowest BCUT2D eigenvalue weighted by Gasteiger charge is -2.40. The fourth-order valence-corrected chi connectivity index (χ4v) is 7.56. The highest BCUT2D eigenvalue weighted by molar-refractivity contribution is 5.69. The van der Waals surface area contributed by atoms with Gasteiger partial charge in [-0.2, -0.15) is 9.13 Å². The van der Waals surface area contributed by atoms with Crippen molar-refractivity contribution in [2.24, 2.45) is 0 Å². The van der Waals surface area contributed by atoms with Gasteiger partial charge in [-0.05, 0) is 66.3 Å². The number of nitrogens with zero attached hydrogens (tertiary/aromatic N) is 2. The van der Waals surface area contributed by atoms with Crippen molar-refractivity contribution in [1.29, 1.82) is 0 Å². The number of rotatable bonds is 10. The van der Waals surface area contributed by atoms with E-state index < -0.39 is 0 Å². The second-order valence-corrected chi connectivity index (χ2v) is 12.3. The summed E-state index contributed by atoms with van der Waals surface area (Å²) in [6, 6.07) is 38.4. The first-order chi connectivity index (χ1) is 21.1. The Kier molecular flexibility index (Phi) is 8.56. The average molecular weight is 567 g/mol. The molecule has 2 nitrogen and oxygen atoms in total. The molecule has 0 amide bonds. The van der Waals surface area contributed by atoms with Crippen molar-refractivity contribution in [2.45, 2.75) is 84.2 Å². The number of pyridine rings is 2. The molecule has 218 valence electrons. The van der Waals surface area contributed by atoms with Gasteiger partial charge in [-0.1, -0.05) is 87.9 Å². The monoisotopic (exact) mass is 566 g/mol. The number of hydrogen-bond donors (Lipinski definition) is 0. The van der Waals surface area contributed by atoms with Crippen LogP contribution in [-0.4, -0.2) is 0 Å². The van der Waals surface area contributed by atoms with Crippen molar-refractivity contribution in [2.75, 3.05) is 0 Å². The van der Waals surface area contributed by atoms with Gasteiger partial charge in [0.15, 0.2) is 17.9 Å². The zero-order valence-corrected chi connectivity index (χ0v) is 26.4. The Labute approximate surface area is 258 Å². The second-order valence-electron chi connectivity index (χ2n) is 12.3. The molecule has 2 aromatic heterocycles. The lowest BCUT2D eigenvalue weighted by atomic mass is 9.68. The summed E-state index contributed by atoms with van der Waals surface area (Å²) in [6.07, 6.45) is 11.6. The maximum absolute atomic E-state index is 2.68. The molecular formula is C41H46N2+2. The van der Waals surface area contributed by atoms with Crippen LogP contribution in [0.4, 0.5) is 0 Å². The van der Waals surface area contributed by atoms with Crippen LogP contribution in [0, 0.1) is 6.92 Å². The molecule has 0 saturated carbocycles. The van der Waals surface area contributed by atoms with Gasteiger partial charge in [0.25, 0.3) is 0 Å². The molecule has 2 heteroatoms. The highest BCUT2D eigenvalue weighted by atomic mass is 15.1. The van der Waals surface area contributed by atoms with Crippen LogP contribution in [0.15, 0.2) is 116 Å². The van der Waals surface area contributed by atoms with Gasteiger partial charge in [-0.25, -0.2) is 0 Å². The Morgan fingerprint density at radius 1 is 0.698 bits per heavy atom. The highest BCUT2D eigenvalue weighted by Crippen LogP contribution is 2.47. The predicted molar refractivity (Wildman–Crippen MR) is 179 cm³/mol. The molecule has 1 aliphatic rings. The largest absolute Gasteiger partial charge is 0.213 e. The van der Waals surface area contributed by atoms with E-state index in [4.69, 9.17) is 0 Å². The minimum absolute atomic E-state index is 0.00374. The first kappa shape index (κ1) is 29.1. The minimum atomic E-state index is -0.00374. The van der Waals surface area contributed by atoms with Crippen LogP contribution in [0.2, 0.25) is 0 Å². The molecular weight excluding hydrogens is 520 g/mol. The van der Waals surface area contributed by atoms with Gasteiger partial charge >= 0.3 is 0 Å². The summed E-state index contributed by atoms with van der Waals surface area (Å²) in [6.45, 7) is 10.3. The Bertz CT molecular complexity index is 1700. The summed E-state index contributed by atoms with van der Waals surface area (Å²) >= 11 is 0. The van der Waals surface area contributed by atoms with E-state index in [0.717, 1.165) is 32.2 Å². The molecule has 0 radical (unpaired) electrons. The molecule has 0 bridgehead atoms. The van der Waals surface area contributed by atoms with Gasteiger partial charge in [-0.3, -0.25) is 0 Å². The van der Waals surface area contributed by atoms with Crippen LogP contribution in [0.5, 0.6) is 0 Å². The van der Waals surface area contributed by atoms with Gasteiger partial charge in [0, 0.05) is 48.6 Å². The number of aryl methyl sites for hydroxylation is 3. The highest BCUT2D eigenvalue weighted by Gasteiger charge is 2.51. The molecule has 0 N–H and O–H groups in total. The fourth-order valence-electron chi connectivity index (χ4n) is 7.56. The molecule has 0 saturated heterocycles. The van der Waals surface area contributed by atoms with Gasteiger partial charge in [-0.15, -0.1) is 0 Å². The third-order valence-electron chi connectivity index (χ3n) is 10.0. The van der Waals surface area contributed by atoms with Crippen LogP contribution < -0.4 is 9.13 Å². The Balaban J connectivity index is 1.47. The SMILES string of the molecule is CCCCc1ccc2c(c1)-c1ccc(-c3ccccc3)c[n+]1C(CC)(CC)C2CC[n+]1ccccc1-c1ccccc1C. The van der Waals surface area contributed by atoms with E-state index in [-0.39, 0.29) is 5.54 Å². The molecule has 0 fully saturated rings. The third-order valence-corrected chi connectivity index (χ3v) is 10.0. The molecule has 3 heterocycles. The number of unbranched alkanes of at least 4 members (excludes halogenated alkanes) is 1. The number of benzene rings is 3. The summed E-state index contributed by atoms with van der Waals surface area (Å²) < 4.78 is 5.16. The standard InChI is InChI=1S/C41H46N2/c1-5-8-17-32-22-24-36-37(29-32)40-25-23-34(33-18-10-9-11-19-33)30-43(40)41(6-2,7-3)38(36)26-28-42-27-15-14-21-39(42)35-20-13-12-16-31(35)4/h9-16,18-25,27,29-30,38H,5-8,17,26,28H2,1-4H3/q+2. The van der Waals surface area contributed by atoms with Crippen molar-refractivity contribution >= 4 is 0 Å². The van der Waals surface area contributed by atoms with E-state index >= 15 is 0 Å². The van der Waals surface area contributed by atoms with E-state index in [9.17, 15) is 0 Å². The molecule has 0 spiro atoms.